The predicted molar refractivity (Wildman–Crippen MR) is 29.1 cm³/mol. The molecular formula is C6H7F2N. The molecule has 1 rings (SSSR count). The van der Waals surface area contributed by atoms with Gasteiger partial charge in [0.25, 0.3) is 6.54 Å². The quantitative estimate of drug-likeness (QED) is 0.504. The molecule has 1 fully saturated rings. The fourth-order valence-corrected chi connectivity index (χ4v) is 0.740. The third-order valence-electron chi connectivity index (χ3n) is 1.46. The first-order valence-corrected chi connectivity index (χ1v) is 2.88. The normalized spacial score (nSPS) is 19.2. The van der Waals surface area contributed by atoms with Gasteiger partial charge in [-0.3, -0.25) is 0 Å². The summed E-state index contributed by atoms with van der Waals surface area (Å²) in [6, 6.07) is 0. The van der Waals surface area contributed by atoms with Crippen LogP contribution in [0.1, 0.15) is 12.8 Å². The molecule has 0 aromatic carbocycles. The number of alkyl halides is 2. The number of rotatable bonds is 2. The third kappa shape index (κ3) is 1.38. The summed E-state index contributed by atoms with van der Waals surface area (Å²) in [5.41, 5.74) is 0. The molecule has 0 atom stereocenters. The molecule has 1 nitrogen and oxygen atoms in total. The van der Waals surface area contributed by atoms with E-state index >= 15 is 0 Å². The Balaban J connectivity index is 2.41. The molecule has 1 aliphatic carbocycles. The second kappa shape index (κ2) is 1.94. The summed E-state index contributed by atoms with van der Waals surface area (Å²) in [4.78, 5) is 2.67. The predicted octanol–water partition coefficient (Wildman–Crippen LogP) is 1.95. The van der Waals surface area contributed by atoms with E-state index in [9.17, 15) is 8.78 Å². The van der Waals surface area contributed by atoms with Gasteiger partial charge in [0.1, 0.15) is 0 Å². The smallest absolute Gasteiger partial charge is 0.310 e. The van der Waals surface area contributed by atoms with Crippen LogP contribution >= 0.6 is 0 Å². The topological polar surface area (TPSA) is 4.36 Å². The maximum atomic E-state index is 12.4. The molecular weight excluding hydrogens is 124 g/mol. The summed E-state index contributed by atoms with van der Waals surface area (Å²) in [5, 5.41) is 0. The lowest BCUT2D eigenvalue weighted by atomic mass is 10.2. The Kier molecular flexibility index (Phi) is 1.40. The van der Waals surface area contributed by atoms with Gasteiger partial charge in [0.05, 0.1) is 0 Å². The van der Waals surface area contributed by atoms with Gasteiger partial charge in [0, 0.05) is 5.92 Å². The monoisotopic (exact) mass is 131 g/mol. The average molecular weight is 131 g/mol. The lowest BCUT2D eigenvalue weighted by Crippen LogP contribution is -2.21. The summed E-state index contributed by atoms with van der Waals surface area (Å²) in [5.74, 6) is -3.17. The molecule has 0 spiro atoms. The van der Waals surface area contributed by atoms with Crippen molar-refractivity contribution < 1.29 is 8.78 Å². The molecule has 0 heterocycles. The fraction of sp³-hybridized carbons (Fsp3) is 0.833. The number of hydrogen-bond donors (Lipinski definition) is 0. The Bertz CT molecular complexity index is 144. The zero-order chi connectivity index (χ0) is 6.91. The highest BCUT2D eigenvalue weighted by Crippen LogP contribution is 2.43. The molecule has 0 unspecified atom stereocenters. The van der Waals surface area contributed by atoms with Crippen LogP contribution in [0.15, 0.2) is 0 Å². The Labute approximate surface area is 52.5 Å². The van der Waals surface area contributed by atoms with Crippen LogP contribution in [0.5, 0.6) is 0 Å². The lowest BCUT2D eigenvalue weighted by molar-refractivity contribution is -0.00492. The second-order valence-corrected chi connectivity index (χ2v) is 2.35. The molecule has 1 saturated carbocycles. The maximum Gasteiger partial charge on any atom is 0.321 e. The van der Waals surface area contributed by atoms with E-state index in [2.05, 4.69) is 4.85 Å². The van der Waals surface area contributed by atoms with Crippen LogP contribution in [0.4, 0.5) is 8.78 Å². The Hall–Kier alpha value is -0.650. The largest absolute Gasteiger partial charge is 0.321 e. The summed E-state index contributed by atoms with van der Waals surface area (Å²) in [6.45, 7) is 5.60. The summed E-state index contributed by atoms with van der Waals surface area (Å²) in [7, 11) is 0. The van der Waals surface area contributed by atoms with Crippen LogP contribution in [0.25, 0.3) is 4.85 Å². The van der Waals surface area contributed by atoms with Gasteiger partial charge in [-0.2, -0.15) is 8.78 Å². The van der Waals surface area contributed by atoms with Crippen LogP contribution < -0.4 is 0 Å². The number of halogens is 2. The van der Waals surface area contributed by atoms with Crippen LogP contribution in [-0.4, -0.2) is 12.5 Å². The van der Waals surface area contributed by atoms with Gasteiger partial charge in [-0.1, -0.05) is 0 Å². The minimum absolute atomic E-state index is 0.480. The van der Waals surface area contributed by atoms with Crippen molar-refractivity contribution in [1.29, 1.82) is 0 Å². The van der Waals surface area contributed by atoms with E-state index in [4.69, 9.17) is 6.57 Å². The van der Waals surface area contributed by atoms with Crippen molar-refractivity contribution in [3.63, 3.8) is 0 Å². The first-order valence-electron chi connectivity index (χ1n) is 2.88. The molecule has 0 saturated heterocycles. The van der Waals surface area contributed by atoms with Gasteiger partial charge in [-0.25, -0.2) is 6.57 Å². The Morgan fingerprint density at radius 2 is 2.11 bits per heavy atom. The summed E-state index contributed by atoms with van der Waals surface area (Å²) in [6.07, 6.45) is 1.20. The van der Waals surface area contributed by atoms with Crippen molar-refractivity contribution in [3.05, 3.63) is 11.4 Å². The SMILES string of the molecule is [C-]#[N+]CC(F)(F)C1CC1. The highest BCUT2D eigenvalue weighted by Gasteiger charge is 2.49. The second-order valence-electron chi connectivity index (χ2n) is 2.35. The van der Waals surface area contributed by atoms with E-state index in [1.807, 2.05) is 0 Å². The van der Waals surface area contributed by atoms with E-state index in [1.54, 1.807) is 0 Å². The van der Waals surface area contributed by atoms with Crippen molar-refractivity contribution in [1.82, 2.24) is 0 Å². The number of nitrogens with zero attached hydrogens (tertiary/aromatic N) is 1. The fourth-order valence-electron chi connectivity index (χ4n) is 0.740. The van der Waals surface area contributed by atoms with Crippen LogP contribution in [0.3, 0.4) is 0 Å². The van der Waals surface area contributed by atoms with E-state index < -0.39 is 18.4 Å². The van der Waals surface area contributed by atoms with Crippen LogP contribution in [-0.2, 0) is 0 Å². The molecule has 0 bridgehead atoms. The molecule has 0 aliphatic heterocycles. The molecule has 9 heavy (non-hydrogen) atoms. The van der Waals surface area contributed by atoms with Crippen molar-refractivity contribution >= 4 is 0 Å². The van der Waals surface area contributed by atoms with Crippen molar-refractivity contribution in [2.75, 3.05) is 6.54 Å². The minimum Gasteiger partial charge on any atom is -0.310 e. The van der Waals surface area contributed by atoms with Gasteiger partial charge in [-0.05, 0) is 12.8 Å². The van der Waals surface area contributed by atoms with Gasteiger partial charge in [0.15, 0.2) is 0 Å². The first kappa shape index (κ1) is 6.47. The molecule has 1 aliphatic rings. The Morgan fingerprint density at radius 3 is 2.44 bits per heavy atom. The molecule has 0 aromatic rings. The highest BCUT2D eigenvalue weighted by atomic mass is 19.3. The molecule has 0 aromatic heterocycles. The average Bonchev–Trinajstić information content (AvgIpc) is 2.41. The van der Waals surface area contributed by atoms with E-state index in [0.29, 0.717) is 12.8 Å². The maximum absolute atomic E-state index is 12.4. The first-order chi connectivity index (χ1) is 4.17. The van der Waals surface area contributed by atoms with Crippen molar-refractivity contribution in [2.24, 2.45) is 5.92 Å². The van der Waals surface area contributed by atoms with E-state index in [0.717, 1.165) is 0 Å². The Morgan fingerprint density at radius 1 is 1.56 bits per heavy atom. The molecule has 3 heteroatoms. The lowest BCUT2D eigenvalue weighted by Gasteiger charge is -2.05. The van der Waals surface area contributed by atoms with E-state index in [1.165, 1.54) is 0 Å². The molecule has 0 amide bonds. The van der Waals surface area contributed by atoms with Gasteiger partial charge in [0.2, 0.25) is 0 Å². The molecule has 0 N–H and O–H groups in total. The summed E-state index contributed by atoms with van der Waals surface area (Å²) < 4.78 is 24.8. The van der Waals surface area contributed by atoms with Gasteiger partial charge in [-0.15, -0.1) is 0 Å². The van der Waals surface area contributed by atoms with Crippen LogP contribution in [0.2, 0.25) is 0 Å². The van der Waals surface area contributed by atoms with Gasteiger partial charge < -0.3 is 4.85 Å². The van der Waals surface area contributed by atoms with Crippen LogP contribution in [0, 0.1) is 12.5 Å². The van der Waals surface area contributed by atoms with E-state index in [-0.39, 0.29) is 0 Å². The van der Waals surface area contributed by atoms with Crippen molar-refractivity contribution in [2.45, 2.75) is 18.8 Å². The van der Waals surface area contributed by atoms with Crippen molar-refractivity contribution in [3.8, 4) is 0 Å². The zero-order valence-corrected chi connectivity index (χ0v) is 4.90. The zero-order valence-electron chi connectivity index (χ0n) is 4.90. The molecule has 50 valence electrons. The summed E-state index contributed by atoms with van der Waals surface area (Å²) >= 11 is 0. The third-order valence-corrected chi connectivity index (χ3v) is 1.46. The van der Waals surface area contributed by atoms with Gasteiger partial charge >= 0.3 is 5.92 Å². The number of hydrogen-bond acceptors (Lipinski definition) is 0. The highest BCUT2D eigenvalue weighted by molar-refractivity contribution is 4.91. The standard InChI is InChI=1S/C6H7F2N/c1-9-4-6(7,8)5-2-3-5/h5H,2-4H2. The molecule has 0 radical (unpaired) electrons. The minimum atomic E-state index is -2.69.